The molecular formula is C14H23NO4. The molecule has 0 aliphatic carbocycles. The summed E-state index contributed by atoms with van der Waals surface area (Å²) in [6, 6.07) is -0.383. The zero-order chi connectivity index (χ0) is 14.7. The van der Waals surface area contributed by atoms with E-state index in [1.165, 1.54) is 0 Å². The minimum atomic E-state index is -0.807. The summed E-state index contributed by atoms with van der Waals surface area (Å²) in [4.78, 5) is 21.0. The first-order valence-electron chi connectivity index (χ1n) is 6.43. The number of hydrogen-bond acceptors (Lipinski definition) is 3. The van der Waals surface area contributed by atoms with Crippen molar-refractivity contribution in [3.8, 4) is 0 Å². The molecule has 0 saturated heterocycles. The number of rotatable bonds is 10. The van der Waals surface area contributed by atoms with Crippen molar-refractivity contribution in [3.63, 3.8) is 0 Å². The molecular weight excluding hydrogens is 246 g/mol. The van der Waals surface area contributed by atoms with Crippen LogP contribution in [0.1, 0.15) is 33.1 Å². The number of nitrogens with one attached hydrogen (secondary N) is 1. The second kappa shape index (κ2) is 10.3. The Morgan fingerprint density at radius 1 is 1.42 bits per heavy atom. The topological polar surface area (TPSA) is 86.6 Å². The van der Waals surface area contributed by atoms with Gasteiger partial charge in [0.05, 0.1) is 19.1 Å². The van der Waals surface area contributed by atoms with Crippen LogP contribution in [-0.2, 0) is 9.59 Å². The maximum atomic E-state index is 10.6. The highest BCUT2D eigenvalue weighted by molar-refractivity contribution is 5.67. The largest absolute Gasteiger partial charge is 0.481 e. The Bertz CT molecular complexity index is 336. The van der Waals surface area contributed by atoms with Gasteiger partial charge in [0.1, 0.15) is 0 Å². The standard InChI is InChI=1S/C14H23NO4/c1-3-11(8-14(18)19)6-5-7-12(4-2)13(9-16)15-10-17/h4-6,10-11,13,16H,3,7-9H2,1-2H3,(H,15,17)(H,18,19)/b6-5-,12-4+. The van der Waals surface area contributed by atoms with Crippen molar-refractivity contribution in [3.05, 3.63) is 23.8 Å². The quantitative estimate of drug-likeness (QED) is 0.414. The van der Waals surface area contributed by atoms with Gasteiger partial charge in [-0.15, -0.1) is 0 Å². The molecule has 0 saturated carbocycles. The third-order valence-corrected chi connectivity index (χ3v) is 2.99. The minimum Gasteiger partial charge on any atom is -0.481 e. The molecule has 0 heterocycles. The van der Waals surface area contributed by atoms with E-state index < -0.39 is 5.97 Å². The van der Waals surface area contributed by atoms with Gasteiger partial charge in [-0.2, -0.15) is 0 Å². The summed E-state index contributed by atoms with van der Waals surface area (Å²) < 4.78 is 0. The molecule has 0 aliphatic heterocycles. The van der Waals surface area contributed by atoms with Crippen LogP contribution in [0.15, 0.2) is 23.8 Å². The lowest BCUT2D eigenvalue weighted by atomic mass is 9.99. The molecule has 108 valence electrons. The highest BCUT2D eigenvalue weighted by Gasteiger charge is 2.11. The zero-order valence-corrected chi connectivity index (χ0v) is 11.5. The zero-order valence-electron chi connectivity index (χ0n) is 11.5. The van der Waals surface area contributed by atoms with Crippen LogP contribution in [0, 0.1) is 5.92 Å². The van der Waals surface area contributed by atoms with Crippen molar-refractivity contribution < 1.29 is 19.8 Å². The molecule has 0 spiro atoms. The predicted octanol–water partition coefficient (Wildman–Crippen LogP) is 1.49. The smallest absolute Gasteiger partial charge is 0.303 e. The number of hydrogen-bond donors (Lipinski definition) is 3. The number of allylic oxidation sites excluding steroid dienone is 3. The normalized spacial score (nSPS) is 15.2. The van der Waals surface area contributed by atoms with E-state index in [0.717, 1.165) is 12.0 Å². The van der Waals surface area contributed by atoms with Crippen LogP contribution in [0.5, 0.6) is 0 Å². The number of aliphatic carboxylic acids is 1. The van der Waals surface area contributed by atoms with Crippen LogP contribution >= 0.6 is 0 Å². The summed E-state index contributed by atoms with van der Waals surface area (Å²) in [5, 5.41) is 20.4. The molecule has 0 bridgehead atoms. The summed E-state index contributed by atoms with van der Waals surface area (Å²) >= 11 is 0. The molecule has 2 atom stereocenters. The molecule has 5 nitrogen and oxygen atoms in total. The first-order chi connectivity index (χ1) is 9.08. The van der Waals surface area contributed by atoms with Gasteiger partial charge in [0.25, 0.3) is 0 Å². The fourth-order valence-electron chi connectivity index (χ4n) is 1.79. The Labute approximate surface area is 114 Å². The van der Waals surface area contributed by atoms with Gasteiger partial charge in [-0.05, 0) is 31.3 Å². The Kier molecular flexibility index (Phi) is 9.44. The monoisotopic (exact) mass is 269 g/mol. The van der Waals surface area contributed by atoms with Crippen LogP contribution in [0.3, 0.4) is 0 Å². The van der Waals surface area contributed by atoms with Gasteiger partial charge >= 0.3 is 5.97 Å². The van der Waals surface area contributed by atoms with E-state index in [2.05, 4.69) is 5.32 Å². The van der Waals surface area contributed by atoms with Gasteiger partial charge in [0, 0.05) is 0 Å². The number of aliphatic hydroxyl groups is 1. The number of carbonyl (C=O) groups excluding carboxylic acids is 1. The van der Waals surface area contributed by atoms with E-state index in [1.54, 1.807) is 0 Å². The van der Waals surface area contributed by atoms with Crippen molar-refractivity contribution in [2.45, 2.75) is 39.2 Å². The lowest BCUT2D eigenvalue weighted by Gasteiger charge is -2.16. The van der Waals surface area contributed by atoms with Crippen LogP contribution < -0.4 is 5.32 Å². The third-order valence-electron chi connectivity index (χ3n) is 2.99. The first-order valence-corrected chi connectivity index (χ1v) is 6.43. The summed E-state index contributed by atoms with van der Waals surface area (Å²) in [6.45, 7) is 3.63. The number of aliphatic hydroxyl groups excluding tert-OH is 1. The molecule has 2 unspecified atom stereocenters. The highest BCUT2D eigenvalue weighted by Crippen LogP contribution is 2.13. The van der Waals surface area contributed by atoms with Crippen LogP contribution in [0.4, 0.5) is 0 Å². The SMILES string of the molecule is C/C=C(\C/C=C\C(CC)CC(=O)O)C(CO)NC=O. The number of carbonyl (C=O) groups is 2. The van der Waals surface area contributed by atoms with Gasteiger partial charge in [0.2, 0.25) is 6.41 Å². The molecule has 0 aliphatic rings. The minimum absolute atomic E-state index is 0.0159. The fraction of sp³-hybridized carbons (Fsp3) is 0.571. The second-order valence-electron chi connectivity index (χ2n) is 4.28. The second-order valence-corrected chi connectivity index (χ2v) is 4.28. The molecule has 0 aromatic heterocycles. The molecule has 0 fully saturated rings. The predicted molar refractivity (Wildman–Crippen MR) is 73.6 cm³/mol. The molecule has 19 heavy (non-hydrogen) atoms. The van der Waals surface area contributed by atoms with Crippen LogP contribution in [-0.4, -0.2) is 35.2 Å². The Morgan fingerprint density at radius 2 is 2.11 bits per heavy atom. The Hall–Kier alpha value is -1.62. The van der Waals surface area contributed by atoms with Gasteiger partial charge < -0.3 is 15.5 Å². The Balaban J connectivity index is 4.47. The highest BCUT2D eigenvalue weighted by atomic mass is 16.4. The van der Waals surface area contributed by atoms with Gasteiger partial charge in [-0.3, -0.25) is 9.59 Å². The van der Waals surface area contributed by atoms with E-state index >= 15 is 0 Å². The maximum absolute atomic E-state index is 10.6. The molecule has 3 N–H and O–H groups in total. The lowest BCUT2D eigenvalue weighted by Crippen LogP contribution is -2.33. The van der Waals surface area contributed by atoms with Crippen molar-refractivity contribution in [2.75, 3.05) is 6.61 Å². The molecule has 0 rings (SSSR count). The van der Waals surface area contributed by atoms with E-state index in [4.69, 9.17) is 10.2 Å². The summed E-state index contributed by atoms with van der Waals surface area (Å²) in [5.41, 5.74) is 0.899. The molecule has 0 radical (unpaired) electrons. The van der Waals surface area contributed by atoms with E-state index in [1.807, 2.05) is 32.1 Å². The maximum Gasteiger partial charge on any atom is 0.303 e. The average molecular weight is 269 g/mol. The number of carboxylic acids is 1. The number of amides is 1. The van der Waals surface area contributed by atoms with Crippen molar-refractivity contribution >= 4 is 12.4 Å². The van der Waals surface area contributed by atoms with Gasteiger partial charge in [-0.25, -0.2) is 0 Å². The van der Waals surface area contributed by atoms with Crippen molar-refractivity contribution in [2.24, 2.45) is 5.92 Å². The third kappa shape index (κ3) is 7.41. The molecule has 0 aromatic carbocycles. The Morgan fingerprint density at radius 3 is 2.53 bits per heavy atom. The summed E-state index contributed by atoms with van der Waals surface area (Å²) in [7, 11) is 0. The summed E-state index contributed by atoms with van der Waals surface area (Å²) in [6.07, 6.45) is 7.65. The molecule has 1 amide bonds. The van der Waals surface area contributed by atoms with E-state index in [0.29, 0.717) is 12.8 Å². The van der Waals surface area contributed by atoms with Crippen molar-refractivity contribution in [1.82, 2.24) is 5.32 Å². The number of carboxylic acid groups (broad SMARTS) is 1. The molecule has 5 heteroatoms. The fourth-order valence-corrected chi connectivity index (χ4v) is 1.79. The first kappa shape index (κ1) is 17.4. The molecule has 0 aromatic rings. The lowest BCUT2D eigenvalue weighted by molar-refractivity contribution is -0.137. The van der Waals surface area contributed by atoms with Crippen molar-refractivity contribution in [1.29, 1.82) is 0 Å². The summed E-state index contributed by atoms with van der Waals surface area (Å²) in [5.74, 6) is -0.791. The van der Waals surface area contributed by atoms with Gasteiger partial charge in [-0.1, -0.05) is 25.2 Å². The van der Waals surface area contributed by atoms with Crippen LogP contribution in [0.2, 0.25) is 0 Å². The average Bonchev–Trinajstić information content (AvgIpc) is 2.39. The van der Waals surface area contributed by atoms with E-state index in [-0.39, 0.29) is 25.0 Å². The van der Waals surface area contributed by atoms with E-state index in [9.17, 15) is 9.59 Å². The van der Waals surface area contributed by atoms with Gasteiger partial charge in [0.15, 0.2) is 0 Å². The van der Waals surface area contributed by atoms with Crippen LogP contribution in [0.25, 0.3) is 0 Å².